The van der Waals surface area contributed by atoms with Crippen molar-refractivity contribution in [2.45, 2.75) is 11.8 Å². The molecule has 2 heterocycles. The van der Waals surface area contributed by atoms with Gasteiger partial charge in [-0.2, -0.15) is 0 Å². The number of ether oxygens (including phenoxy) is 4. The van der Waals surface area contributed by atoms with Crippen LogP contribution in [0.2, 0.25) is 0 Å². The molecule has 11 heteroatoms. The minimum Gasteiger partial charge on any atom is -0.495 e. The highest BCUT2D eigenvalue weighted by molar-refractivity contribution is 7.92. The lowest BCUT2D eigenvalue weighted by Gasteiger charge is -2.19. The molecule has 32 heavy (non-hydrogen) atoms. The normalized spacial score (nSPS) is 12.8. The highest BCUT2D eigenvalue weighted by atomic mass is 32.2. The number of hydrogen-bond donors (Lipinski definition) is 1. The molecule has 0 saturated heterocycles. The molecule has 4 rings (SSSR count). The van der Waals surface area contributed by atoms with Crippen LogP contribution in [0.15, 0.2) is 51.9 Å². The van der Waals surface area contributed by atoms with Gasteiger partial charge in [0, 0.05) is 17.7 Å². The van der Waals surface area contributed by atoms with Gasteiger partial charge in [0.2, 0.25) is 0 Å². The van der Waals surface area contributed by atoms with Crippen molar-refractivity contribution in [3.63, 3.8) is 0 Å². The Hall–Kier alpha value is -3.73. The first-order valence-electron chi connectivity index (χ1n) is 9.66. The minimum absolute atomic E-state index is 0.0171. The average Bonchev–Trinajstić information content (AvgIpc) is 3.29. The van der Waals surface area contributed by atoms with E-state index in [0.717, 1.165) is 0 Å². The van der Waals surface area contributed by atoms with E-state index in [-0.39, 0.29) is 28.7 Å². The Morgan fingerprint density at radius 2 is 1.88 bits per heavy atom. The Morgan fingerprint density at radius 1 is 1.09 bits per heavy atom. The molecule has 1 aromatic heterocycles. The fourth-order valence-electron chi connectivity index (χ4n) is 3.07. The number of nitrogens with one attached hydrogen (secondary N) is 1. The van der Waals surface area contributed by atoms with Crippen molar-refractivity contribution in [2.75, 3.05) is 31.7 Å². The fourth-order valence-corrected chi connectivity index (χ4v) is 4.32. The van der Waals surface area contributed by atoms with Crippen LogP contribution in [0, 0.1) is 0 Å². The van der Waals surface area contributed by atoms with Crippen LogP contribution in [0.3, 0.4) is 0 Å². The molecule has 0 saturated carbocycles. The third kappa shape index (κ3) is 4.33. The molecule has 0 amide bonds. The van der Waals surface area contributed by atoms with Gasteiger partial charge in [0.05, 0.1) is 19.4 Å². The highest BCUT2D eigenvalue weighted by Crippen LogP contribution is 2.35. The lowest BCUT2D eigenvalue weighted by molar-refractivity contribution is 0.0514. The summed E-state index contributed by atoms with van der Waals surface area (Å²) < 4.78 is 55.1. The Labute approximate surface area is 184 Å². The molecule has 3 aromatic rings. The molecule has 1 aliphatic heterocycles. The molecule has 0 unspecified atom stereocenters. The molecule has 168 valence electrons. The zero-order valence-corrected chi connectivity index (χ0v) is 18.1. The third-order valence-electron chi connectivity index (χ3n) is 4.53. The average molecular weight is 460 g/mol. The van der Waals surface area contributed by atoms with E-state index in [1.807, 2.05) is 0 Å². The Balaban J connectivity index is 1.65. The molecule has 0 atom stereocenters. The van der Waals surface area contributed by atoms with Crippen molar-refractivity contribution in [1.29, 1.82) is 0 Å². The summed E-state index contributed by atoms with van der Waals surface area (Å²) in [6.07, 6.45) is 0. The molecular formula is C21H20N2O8S. The second-order valence-corrected chi connectivity index (χ2v) is 8.28. The first-order valence-corrected chi connectivity index (χ1v) is 11.1. The summed E-state index contributed by atoms with van der Waals surface area (Å²) in [5.41, 5.74) is 0.666. The van der Waals surface area contributed by atoms with Gasteiger partial charge in [-0.1, -0.05) is 5.16 Å². The van der Waals surface area contributed by atoms with Crippen LogP contribution in [0.4, 0.5) is 5.69 Å². The largest absolute Gasteiger partial charge is 0.495 e. The molecule has 0 aliphatic carbocycles. The van der Waals surface area contributed by atoms with Crippen molar-refractivity contribution in [1.82, 2.24) is 5.16 Å². The van der Waals surface area contributed by atoms with Gasteiger partial charge in [0.15, 0.2) is 23.0 Å². The number of sulfonamides is 1. The molecular weight excluding hydrogens is 440 g/mol. The van der Waals surface area contributed by atoms with Gasteiger partial charge in [-0.05, 0) is 37.3 Å². The standard InChI is InChI=1S/C21H20N2O8S/c1-3-28-21(24)15-12-18(31-22-15)13-4-6-17(27-2)20(10-13)32(25,26)23-14-5-7-16-19(11-14)30-9-8-29-16/h4-7,10-12,23H,3,8-9H2,1-2H3. The summed E-state index contributed by atoms with van der Waals surface area (Å²) in [5, 5.41) is 3.68. The molecule has 0 spiro atoms. The number of benzene rings is 2. The number of carbonyl (C=O) groups excluding carboxylic acids is 1. The van der Waals surface area contributed by atoms with Gasteiger partial charge in [-0.25, -0.2) is 13.2 Å². The monoisotopic (exact) mass is 460 g/mol. The van der Waals surface area contributed by atoms with Crippen molar-refractivity contribution >= 4 is 21.7 Å². The number of hydrogen-bond acceptors (Lipinski definition) is 9. The number of carbonyl (C=O) groups is 1. The maximum Gasteiger partial charge on any atom is 0.360 e. The van der Waals surface area contributed by atoms with Gasteiger partial charge in [-0.15, -0.1) is 0 Å². The number of nitrogens with zero attached hydrogens (tertiary/aromatic N) is 1. The molecule has 2 aromatic carbocycles. The summed E-state index contributed by atoms with van der Waals surface area (Å²) in [6, 6.07) is 10.6. The lowest BCUT2D eigenvalue weighted by atomic mass is 10.1. The molecule has 1 aliphatic rings. The summed E-state index contributed by atoms with van der Waals surface area (Å²) >= 11 is 0. The van der Waals surface area contributed by atoms with Crippen LogP contribution in [0.1, 0.15) is 17.4 Å². The maximum absolute atomic E-state index is 13.1. The molecule has 0 fully saturated rings. The zero-order valence-electron chi connectivity index (χ0n) is 17.3. The topological polar surface area (TPSA) is 126 Å². The van der Waals surface area contributed by atoms with Gasteiger partial charge in [-0.3, -0.25) is 4.72 Å². The van der Waals surface area contributed by atoms with Crippen LogP contribution < -0.4 is 18.9 Å². The summed E-state index contributed by atoms with van der Waals surface area (Å²) in [4.78, 5) is 11.7. The van der Waals surface area contributed by atoms with Crippen LogP contribution in [-0.4, -0.2) is 46.5 Å². The van der Waals surface area contributed by atoms with Gasteiger partial charge in [0.25, 0.3) is 10.0 Å². The second-order valence-electron chi connectivity index (χ2n) is 6.63. The number of fused-ring (bicyclic) bond motifs is 1. The quantitative estimate of drug-likeness (QED) is 0.529. The Bertz CT molecular complexity index is 1250. The van der Waals surface area contributed by atoms with E-state index in [9.17, 15) is 13.2 Å². The fraction of sp³-hybridized carbons (Fsp3) is 0.238. The van der Waals surface area contributed by atoms with Gasteiger partial charge >= 0.3 is 5.97 Å². The van der Waals surface area contributed by atoms with E-state index in [1.54, 1.807) is 31.2 Å². The number of anilines is 1. The Kier molecular flexibility index (Phi) is 5.91. The van der Waals surface area contributed by atoms with Crippen LogP contribution in [0.5, 0.6) is 17.2 Å². The molecule has 0 bridgehead atoms. The second kappa shape index (κ2) is 8.79. The number of methoxy groups -OCH3 is 1. The third-order valence-corrected chi connectivity index (χ3v) is 5.93. The zero-order chi connectivity index (χ0) is 22.7. The number of esters is 1. The maximum atomic E-state index is 13.1. The van der Waals surface area contributed by atoms with Crippen molar-refractivity contribution in [3.05, 3.63) is 48.2 Å². The van der Waals surface area contributed by atoms with Crippen molar-refractivity contribution < 1.29 is 36.7 Å². The van der Waals surface area contributed by atoms with E-state index in [4.69, 9.17) is 23.5 Å². The predicted octanol–water partition coefficient (Wildman–Crippen LogP) is 3.10. The number of rotatable bonds is 7. The minimum atomic E-state index is -4.06. The van der Waals surface area contributed by atoms with E-state index < -0.39 is 16.0 Å². The summed E-state index contributed by atoms with van der Waals surface area (Å²) in [5.74, 6) is 0.686. The van der Waals surface area contributed by atoms with E-state index >= 15 is 0 Å². The lowest BCUT2D eigenvalue weighted by Crippen LogP contribution is -2.17. The molecule has 0 radical (unpaired) electrons. The van der Waals surface area contributed by atoms with E-state index in [1.165, 1.54) is 25.3 Å². The Morgan fingerprint density at radius 3 is 2.62 bits per heavy atom. The smallest absolute Gasteiger partial charge is 0.360 e. The van der Waals surface area contributed by atoms with E-state index in [0.29, 0.717) is 36.0 Å². The van der Waals surface area contributed by atoms with Crippen LogP contribution in [-0.2, 0) is 14.8 Å². The van der Waals surface area contributed by atoms with Crippen LogP contribution in [0.25, 0.3) is 11.3 Å². The molecule has 1 N–H and O–H groups in total. The summed E-state index contributed by atoms with van der Waals surface area (Å²) in [6.45, 7) is 2.68. The van der Waals surface area contributed by atoms with Gasteiger partial charge in [0.1, 0.15) is 23.9 Å². The number of aromatic nitrogens is 1. The van der Waals surface area contributed by atoms with Crippen molar-refractivity contribution in [2.24, 2.45) is 0 Å². The SMILES string of the molecule is CCOC(=O)c1cc(-c2ccc(OC)c(S(=O)(=O)Nc3ccc4c(c3)OCCO4)c2)on1. The highest BCUT2D eigenvalue weighted by Gasteiger charge is 2.23. The molecule has 10 nitrogen and oxygen atoms in total. The first kappa shape index (κ1) is 21.5. The summed E-state index contributed by atoms with van der Waals surface area (Å²) in [7, 11) is -2.69. The van der Waals surface area contributed by atoms with Gasteiger partial charge < -0.3 is 23.5 Å². The van der Waals surface area contributed by atoms with E-state index in [2.05, 4.69) is 9.88 Å². The van der Waals surface area contributed by atoms with Crippen LogP contribution >= 0.6 is 0 Å². The predicted molar refractivity (Wildman–Crippen MR) is 113 cm³/mol. The van der Waals surface area contributed by atoms with Crippen molar-refractivity contribution in [3.8, 4) is 28.6 Å². The first-order chi connectivity index (χ1) is 15.4.